The van der Waals surface area contributed by atoms with E-state index in [0.29, 0.717) is 5.37 Å². The first-order valence-electron chi connectivity index (χ1n) is 8.35. The molecule has 4 heteroatoms. The van der Waals surface area contributed by atoms with E-state index < -0.39 is 0 Å². The van der Waals surface area contributed by atoms with Gasteiger partial charge in [-0.2, -0.15) is 0 Å². The van der Waals surface area contributed by atoms with Gasteiger partial charge >= 0.3 is 0 Å². The lowest BCUT2D eigenvalue weighted by atomic mass is 10.0. The number of hydrogen-bond acceptors (Lipinski definition) is 4. The molecule has 0 aliphatic carbocycles. The average molecular weight is 351 g/mol. The standard InChI is InChI=1S/C21H21NO2S/c1-23-18-10-6-15(7-11-18)3-4-16-5-8-17-9-12-21-22(19(17)13-16)20(24-2)14-25-21/h3-13,20-21H,14H2,1-2H3/b4-3+. The predicted octanol–water partition coefficient (Wildman–Crippen LogP) is 4.74. The van der Waals surface area contributed by atoms with Crippen molar-refractivity contribution in [2.75, 3.05) is 24.9 Å². The SMILES string of the molecule is COc1ccc(/C=C/c2ccc3c(c2)N2C(OC)CSC2C=C3)cc1. The van der Waals surface area contributed by atoms with Gasteiger partial charge in [0.15, 0.2) is 0 Å². The maximum atomic E-state index is 5.67. The van der Waals surface area contributed by atoms with Crippen LogP contribution in [0.4, 0.5) is 5.69 Å². The second kappa shape index (κ2) is 6.98. The second-order valence-corrected chi connectivity index (χ2v) is 7.26. The Morgan fingerprint density at radius 3 is 2.56 bits per heavy atom. The van der Waals surface area contributed by atoms with Gasteiger partial charge in [0.25, 0.3) is 0 Å². The summed E-state index contributed by atoms with van der Waals surface area (Å²) in [5.41, 5.74) is 4.85. The summed E-state index contributed by atoms with van der Waals surface area (Å²) in [6, 6.07) is 14.7. The molecular formula is C21H21NO2S. The van der Waals surface area contributed by atoms with Crippen molar-refractivity contribution in [2.24, 2.45) is 0 Å². The number of rotatable bonds is 4. The molecule has 2 aromatic rings. The Balaban J connectivity index is 1.61. The van der Waals surface area contributed by atoms with E-state index in [1.54, 1.807) is 14.2 Å². The number of fused-ring (bicyclic) bond motifs is 3. The lowest BCUT2D eigenvalue weighted by molar-refractivity contribution is 0.123. The molecule has 3 nitrogen and oxygen atoms in total. The van der Waals surface area contributed by atoms with Gasteiger partial charge in [0.1, 0.15) is 12.0 Å². The second-order valence-electron chi connectivity index (χ2n) is 6.11. The largest absolute Gasteiger partial charge is 0.497 e. The molecule has 0 bridgehead atoms. The van der Waals surface area contributed by atoms with Crippen LogP contribution in [0.2, 0.25) is 0 Å². The van der Waals surface area contributed by atoms with E-state index in [1.807, 2.05) is 23.9 Å². The Morgan fingerprint density at radius 2 is 1.80 bits per heavy atom. The van der Waals surface area contributed by atoms with Crippen LogP contribution in [0.5, 0.6) is 5.75 Å². The van der Waals surface area contributed by atoms with Gasteiger partial charge in [0.2, 0.25) is 0 Å². The molecule has 0 radical (unpaired) electrons. The van der Waals surface area contributed by atoms with Gasteiger partial charge in [-0.05, 0) is 34.9 Å². The lowest BCUT2D eigenvalue weighted by Gasteiger charge is -2.33. The zero-order valence-electron chi connectivity index (χ0n) is 14.4. The monoisotopic (exact) mass is 351 g/mol. The van der Waals surface area contributed by atoms with Crippen LogP contribution in [0.1, 0.15) is 16.7 Å². The van der Waals surface area contributed by atoms with Crippen LogP contribution in [0.3, 0.4) is 0 Å². The van der Waals surface area contributed by atoms with E-state index in [1.165, 1.54) is 16.8 Å². The number of hydrogen-bond donors (Lipinski definition) is 0. The van der Waals surface area contributed by atoms with Crippen LogP contribution in [0.25, 0.3) is 18.2 Å². The molecule has 0 aromatic heterocycles. The minimum absolute atomic E-state index is 0.138. The van der Waals surface area contributed by atoms with Crippen LogP contribution in [0, 0.1) is 0 Å². The molecule has 2 aliphatic rings. The molecule has 1 saturated heterocycles. The number of benzene rings is 2. The van der Waals surface area contributed by atoms with Gasteiger partial charge in [0.05, 0.1) is 12.5 Å². The van der Waals surface area contributed by atoms with Crippen molar-refractivity contribution in [1.82, 2.24) is 0 Å². The molecule has 0 saturated carbocycles. The third-order valence-electron chi connectivity index (χ3n) is 4.62. The molecule has 2 aromatic carbocycles. The maximum Gasteiger partial charge on any atom is 0.140 e. The highest BCUT2D eigenvalue weighted by Gasteiger charge is 2.35. The normalized spacial score (nSPS) is 21.4. The Bertz CT molecular complexity index is 813. The van der Waals surface area contributed by atoms with Crippen molar-refractivity contribution >= 4 is 35.7 Å². The Kier molecular flexibility index (Phi) is 4.55. The van der Waals surface area contributed by atoms with Crippen molar-refractivity contribution in [2.45, 2.75) is 11.6 Å². The number of thioether (sulfide) groups is 1. The van der Waals surface area contributed by atoms with Crippen molar-refractivity contribution < 1.29 is 9.47 Å². The van der Waals surface area contributed by atoms with Crippen molar-refractivity contribution in [3.63, 3.8) is 0 Å². The summed E-state index contributed by atoms with van der Waals surface area (Å²) in [5, 5.41) is 0.373. The molecule has 25 heavy (non-hydrogen) atoms. The molecule has 0 spiro atoms. The summed E-state index contributed by atoms with van der Waals surface area (Å²) < 4.78 is 10.9. The Labute approximate surface area is 152 Å². The lowest BCUT2D eigenvalue weighted by Crippen LogP contribution is -2.38. The number of nitrogens with zero attached hydrogens (tertiary/aromatic N) is 1. The van der Waals surface area contributed by atoms with E-state index in [9.17, 15) is 0 Å². The third kappa shape index (κ3) is 3.20. The maximum absolute atomic E-state index is 5.67. The Morgan fingerprint density at radius 1 is 1.04 bits per heavy atom. The van der Waals surface area contributed by atoms with Crippen LogP contribution in [-0.2, 0) is 4.74 Å². The third-order valence-corrected chi connectivity index (χ3v) is 5.83. The molecule has 4 rings (SSSR count). The summed E-state index contributed by atoms with van der Waals surface area (Å²) in [4.78, 5) is 2.38. The van der Waals surface area contributed by atoms with Crippen LogP contribution in [-0.4, -0.2) is 31.6 Å². The first-order valence-corrected chi connectivity index (χ1v) is 9.40. The minimum Gasteiger partial charge on any atom is -0.497 e. The predicted molar refractivity (Wildman–Crippen MR) is 107 cm³/mol. The zero-order valence-corrected chi connectivity index (χ0v) is 15.2. The van der Waals surface area contributed by atoms with E-state index in [4.69, 9.17) is 9.47 Å². The van der Waals surface area contributed by atoms with E-state index in [0.717, 1.165) is 17.1 Å². The van der Waals surface area contributed by atoms with E-state index >= 15 is 0 Å². The minimum atomic E-state index is 0.138. The van der Waals surface area contributed by atoms with Gasteiger partial charge in [0, 0.05) is 18.6 Å². The molecule has 2 atom stereocenters. The van der Waals surface area contributed by atoms with Crippen molar-refractivity contribution in [3.8, 4) is 5.75 Å². The summed E-state index contributed by atoms with van der Waals surface area (Å²) in [6.45, 7) is 0. The first-order chi connectivity index (χ1) is 12.3. The fraction of sp³-hybridized carbons (Fsp3) is 0.238. The number of methoxy groups -OCH3 is 2. The smallest absolute Gasteiger partial charge is 0.140 e. The van der Waals surface area contributed by atoms with E-state index in [2.05, 4.69) is 59.5 Å². The summed E-state index contributed by atoms with van der Waals surface area (Å²) >= 11 is 1.93. The fourth-order valence-electron chi connectivity index (χ4n) is 3.25. The van der Waals surface area contributed by atoms with Gasteiger partial charge in [-0.3, -0.25) is 0 Å². The van der Waals surface area contributed by atoms with Gasteiger partial charge in [-0.15, -0.1) is 11.8 Å². The van der Waals surface area contributed by atoms with Crippen LogP contribution < -0.4 is 9.64 Å². The molecule has 0 amide bonds. The van der Waals surface area contributed by atoms with Gasteiger partial charge in [-0.25, -0.2) is 0 Å². The highest BCUT2D eigenvalue weighted by atomic mass is 32.2. The van der Waals surface area contributed by atoms with Crippen LogP contribution >= 0.6 is 11.8 Å². The Hall–Kier alpha value is -2.17. The molecule has 2 unspecified atom stereocenters. The summed E-state index contributed by atoms with van der Waals surface area (Å²) in [6.07, 6.45) is 8.90. The fourth-order valence-corrected chi connectivity index (χ4v) is 4.51. The van der Waals surface area contributed by atoms with Crippen LogP contribution in [0.15, 0.2) is 48.5 Å². The first kappa shape index (κ1) is 16.3. The van der Waals surface area contributed by atoms with Crippen molar-refractivity contribution in [1.29, 1.82) is 0 Å². The van der Waals surface area contributed by atoms with E-state index in [-0.39, 0.29) is 6.23 Å². The number of ether oxygens (including phenoxy) is 2. The molecule has 0 N–H and O–H groups in total. The van der Waals surface area contributed by atoms with Gasteiger partial charge < -0.3 is 14.4 Å². The molecule has 128 valence electrons. The number of anilines is 1. The molecule has 2 heterocycles. The molecule has 2 aliphatic heterocycles. The topological polar surface area (TPSA) is 21.7 Å². The zero-order chi connectivity index (χ0) is 17.2. The van der Waals surface area contributed by atoms with Gasteiger partial charge in [-0.1, -0.05) is 48.6 Å². The molecule has 1 fully saturated rings. The highest BCUT2D eigenvalue weighted by molar-refractivity contribution is 8.00. The average Bonchev–Trinajstić information content (AvgIpc) is 3.10. The summed E-state index contributed by atoms with van der Waals surface area (Å²) in [5.74, 6) is 1.87. The quantitative estimate of drug-likeness (QED) is 0.742. The molecular weight excluding hydrogens is 330 g/mol. The highest BCUT2D eigenvalue weighted by Crippen LogP contribution is 2.41. The van der Waals surface area contributed by atoms with Crippen molar-refractivity contribution in [3.05, 3.63) is 65.2 Å². The summed E-state index contributed by atoms with van der Waals surface area (Å²) in [7, 11) is 3.47.